The summed E-state index contributed by atoms with van der Waals surface area (Å²) in [5.41, 5.74) is 5.81. The molecule has 1 aliphatic heterocycles. The highest BCUT2D eigenvalue weighted by Crippen LogP contribution is 2.18. The monoisotopic (exact) mass is 226 g/mol. The van der Waals surface area contributed by atoms with Crippen molar-refractivity contribution in [3.63, 3.8) is 0 Å². The van der Waals surface area contributed by atoms with E-state index in [9.17, 15) is 0 Å². The van der Waals surface area contributed by atoms with E-state index in [2.05, 4.69) is 15.0 Å². The van der Waals surface area contributed by atoms with Gasteiger partial charge in [-0.1, -0.05) is 0 Å². The second-order valence-corrected chi connectivity index (χ2v) is 4.04. The summed E-state index contributed by atoms with van der Waals surface area (Å²) in [5.74, 6) is 1.10. The zero-order valence-electron chi connectivity index (χ0n) is 9.56. The van der Waals surface area contributed by atoms with E-state index in [4.69, 9.17) is 15.0 Å². The van der Waals surface area contributed by atoms with Crippen LogP contribution in [0, 0.1) is 0 Å². The minimum absolute atomic E-state index is 0.337. The Labute approximate surface area is 94.7 Å². The molecule has 0 spiro atoms. The second-order valence-electron chi connectivity index (χ2n) is 4.04. The number of methoxy groups -OCH3 is 1. The number of anilines is 1. The molecule has 6 nitrogen and oxygen atoms in total. The first-order valence-corrected chi connectivity index (χ1v) is 5.64. The number of hydrogen-bond acceptors (Lipinski definition) is 6. The number of aromatic nitrogens is 2. The maximum atomic E-state index is 5.81. The molecule has 1 unspecified atom stereocenters. The van der Waals surface area contributed by atoms with E-state index in [-0.39, 0.29) is 6.04 Å². The normalized spacial score (nSPS) is 18.8. The van der Waals surface area contributed by atoms with Gasteiger partial charge in [0.15, 0.2) is 0 Å². The van der Waals surface area contributed by atoms with Gasteiger partial charge in [-0.2, -0.15) is 4.98 Å². The van der Waals surface area contributed by atoms with Crippen LogP contribution < -0.4 is 10.6 Å². The van der Waals surface area contributed by atoms with Crippen molar-refractivity contribution in [3.05, 3.63) is 5.89 Å². The van der Waals surface area contributed by atoms with Crippen LogP contribution in [0.1, 0.15) is 31.2 Å². The van der Waals surface area contributed by atoms with Gasteiger partial charge in [0.05, 0.1) is 6.61 Å². The molecule has 1 aliphatic rings. The van der Waals surface area contributed by atoms with E-state index in [1.807, 2.05) is 0 Å². The number of piperidine rings is 1. The van der Waals surface area contributed by atoms with Gasteiger partial charge in [-0.3, -0.25) is 0 Å². The van der Waals surface area contributed by atoms with E-state index in [1.165, 1.54) is 19.3 Å². The summed E-state index contributed by atoms with van der Waals surface area (Å²) in [6.45, 7) is 2.39. The number of ether oxygens (including phenoxy) is 1. The first kappa shape index (κ1) is 11.3. The Hall–Kier alpha value is -1.14. The van der Waals surface area contributed by atoms with Crippen LogP contribution in [0.3, 0.4) is 0 Å². The third kappa shape index (κ3) is 2.51. The number of rotatable bonds is 4. The summed E-state index contributed by atoms with van der Waals surface area (Å²) in [6, 6.07) is -0.337. The molecule has 0 radical (unpaired) electrons. The molecule has 0 saturated carbocycles. The van der Waals surface area contributed by atoms with Crippen molar-refractivity contribution >= 4 is 5.95 Å². The number of hydrogen-bond donors (Lipinski definition) is 1. The van der Waals surface area contributed by atoms with Crippen LogP contribution in [0.4, 0.5) is 5.95 Å². The van der Waals surface area contributed by atoms with E-state index < -0.39 is 0 Å². The van der Waals surface area contributed by atoms with Gasteiger partial charge >= 0.3 is 0 Å². The highest BCUT2D eigenvalue weighted by Gasteiger charge is 2.19. The highest BCUT2D eigenvalue weighted by atomic mass is 16.5. The lowest BCUT2D eigenvalue weighted by molar-refractivity contribution is 0.166. The molecule has 0 aliphatic carbocycles. The average Bonchev–Trinajstić information content (AvgIpc) is 2.80. The number of nitrogens with zero attached hydrogens (tertiary/aromatic N) is 3. The summed E-state index contributed by atoms with van der Waals surface area (Å²) in [4.78, 5) is 6.43. The zero-order chi connectivity index (χ0) is 11.4. The van der Waals surface area contributed by atoms with Gasteiger partial charge < -0.3 is 19.9 Å². The molecule has 2 N–H and O–H groups in total. The molecule has 1 saturated heterocycles. The van der Waals surface area contributed by atoms with Crippen molar-refractivity contribution in [2.24, 2.45) is 5.73 Å². The van der Waals surface area contributed by atoms with Gasteiger partial charge in [0, 0.05) is 20.2 Å². The molecule has 1 atom stereocenters. The molecule has 1 fully saturated rings. The van der Waals surface area contributed by atoms with Crippen LogP contribution in [0.15, 0.2) is 4.52 Å². The van der Waals surface area contributed by atoms with Gasteiger partial charge in [-0.15, -0.1) is 0 Å². The van der Waals surface area contributed by atoms with Crippen molar-refractivity contribution in [1.29, 1.82) is 0 Å². The molecular formula is C10H18N4O2. The lowest BCUT2D eigenvalue weighted by Crippen LogP contribution is -2.30. The fourth-order valence-corrected chi connectivity index (χ4v) is 1.85. The van der Waals surface area contributed by atoms with Gasteiger partial charge in [-0.05, 0) is 24.4 Å². The summed E-state index contributed by atoms with van der Waals surface area (Å²) in [5, 5.41) is 3.95. The van der Waals surface area contributed by atoms with Gasteiger partial charge in [0.2, 0.25) is 5.89 Å². The largest absolute Gasteiger partial charge is 0.383 e. The summed E-state index contributed by atoms with van der Waals surface area (Å²) in [7, 11) is 1.60. The maximum Gasteiger partial charge on any atom is 0.266 e. The van der Waals surface area contributed by atoms with Gasteiger partial charge in [-0.25, -0.2) is 0 Å². The third-order valence-corrected chi connectivity index (χ3v) is 2.73. The van der Waals surface area contributed by atoms with E-state index in [0.717, 1.165) is 13.1 Å². The zero-order valence-corrected chi connectivity index (χ0v) is 9.56. The Morgan fingerprint density at radius 3 is 2.88 bits per heavy atom. The smallest absolute Gasteiger partial charge is 0.266 e. The molecule has 6 heteroatoms. The summed E-state index contributed by atoms with van der Waals surface area (Å²) >= 11 is 0. The SMILES string of the molecule is COCC(N)c1nc(N2CCCCC2)no1. The molecule has 2 rings (SSSR count). The first-order chi connectivity index (χ1) is 7.81. The molecule has 90 valence electrons. The molecule has 2 heterocycles. The van der Waals surface area contributed by atoms with E-state index in [1.54, 1.807) is 7.11 Å². The lowest BCUT2D eigenvalue weighted by Gasteiger charge is -2.24. The van der Waals surface area contributed by atoms with Crippen molar-refractivity contribution < 1.29 is 9.26 Å². The van der Waals surface area contributed by atoms with Crippen molar-refractivity contribution in [2.75, 3.05) is 31.7 Å². The molecule has 0 bridgehead atoms. The standard InChI is InChI=1S/C10H18N4O2/c1-15-7-8(11)9-12-10(13-16-9)14-5-3-2-4-6-14/h8H,2-7,11H2,1H3. The van der Waals surface area contributed by atoms with E-state index >= 15 is 0 Å². The quantitative estimate of drug-likeness (QED) is 0.814. The molecule has 16 heavy (non-hydrogen) atoms. The predicted octanol–water partition coefficient (Wildman–Crippen LogP) is 0.706. The fraction of sp³-hybridized carbons (Fsp3) is 0.800. The first-order valence-electron chi connectivity index (χ1n) is 5.64. The summed E-state index contributed by atoms with van der Waals surface area (Å²) < 4.78 is 10.1. The Kier molecular flexibility index (Phi) is 3.74. The lowest BCUT2D eigenvalue weighted by atomic mass is 10.1. The minimum atomic E-state index is -0.337. The molecule has 0 aromatic carbocycles. The van der Waals surface area contributed by atoms with Crippen molar-refractivity contribution in [1.82, 2.24) is 10.1 Å². The molecule has 0 amide bonds. The van der Waals surface area contributed by atoms with Crippen LogP contribution in [-0.4, -0.2) is 36.9 Å². The maximum absolute atomic E-state index is 5.81. The Morgan fingerprint density at radius 1 is 1.44 bits per heavy atom. The van der Waals surface area contributed by atoms with Crippen LogP contribution in [0.2, 0.25) is 0 Å². The van der Waals surface area contributed by atoms with Crippen molar-refractivity contribution in [2.45, 2.75) is 25.3 Å². The second kappa shape index (κ2) is 5.27. The topological polar surface area (TPSA) is 77.4 Å². The molecule has 1 aromatic rings. The fourth-order valence-electron chi connectivity index (χ4n) is 1.85. The predicted molar refractivity (Wildman–Crippen MR) is 59.2 cm³/mol. The molecular weight excluding hydrogens is 208 g/mol. The Bertz CT molecular complexity index is 322. The van der Waals surface area contributed by atoms with Gasteiger partial charge in [0.25, 0.3) is 5.95 Å². The van der Waals surface area contributed by atoms with Crippen LogP contribution in [-0.2, 0) is 4.74 Å². The van der Waals surface area contributed by atoms with Crippen LogP contribution in [0.5, 0.6) is 0 Å². The number of nitrogens with two attached hydrogens (primary N) is 1. The average molecular weight is 226 g/mol. The van der Waals surface area contributed by atoms with E-state index in [0.29, 0.717) is 18.4 Å². The summed E-state index contributed by atoms with van der Waals surface area (Å²) in [6.07, 6.45) is 3.66. The molecule has 1 aromatic heterocycles. The van der Waals surface area contributed by atoms with Gasteiger partial charge in [0.1, 0.15) is 6.04 Å². The Morgan fingerprint density at radius 2 is 2.19 bits per heavy atom. The van der Waals surface area contributed by atoms with Crippen LogP contribution in [0.25, 0.3) is 0 Å². The highest BCUT2D eigenvalue weighted by molar-refractivity contribution is 5.28. The van der Waals surface area contributed by atoms with Crippen molar-refractivity contribution in [3.8, 4) is 0 Å². The third-order valence-electron chi connectivity index (χ3n) is 2.73. The minimum Gasteiger partial charge on any atom is -0.383 e. The Balaban J connectivity index is 2.00. The van der Waals surface area contributed by atoms with Crippen LogP contribution >= 0.6 is 0 Å².